The first-order chi connectivity index (χ1) is 9.63. The monoisotopic (exact) mass is 271 g/mol. The van der Waals surface area contributed by atoms with E-state index in [1.807, 2.05) is 24.3 Å². The maximum Gasteiger partial charge on any atom is 0.287 e. The van der Waals surface area contributed by atoms with E-state index in [1.54, 1.807) is 19.9 Å². The number of nitrogens with one attached hydrogen (secondary N) is 1. The number of carbonyl (C=O) groups excluding carboxylic acids is 1. The van der Waals surface area contributed by atoms with Gasteiger partial charge >= 0.3 is 0 Å². The fourth-order valence-corrected chi connectivity index (χ4v) is 1.91. The molecule has 1 aromatic carbocycles. The molecule has 1 amide bonds. The molecule has 102 valence electrons. The average Bonchev–Trinajstić information content (AvgIpc) is 3.04. The minimum absolute atomic E-state index is 0.259. The smallest absolute Gasteiger partial charge is 0.287 e. The summed E-state index contributed by atoms with van der Waals surface area (Å²) in [5, 5.41) is 11.2. The van der Waals surface area contributed by atoms with Crippen molar-refractivity contribution in [3.63, 3.8) is 0 Å². The Labute approximate surface area is 114 Å². The summed E-state index contributed by atoms with van der Waals surface area (Å²) in [6, 6.07) is 8.78. The Morgan fingerprint density at radius 1 is 1.25 bits per heavy atom. The van der Waals surface area contributed by atoms with Gasteiger partial charge in [0.15, 0.2) is 5.76 Å². The molecule has 2 heterocycles. The van der Waals surface area contributed by atoms with E-state index in [0.29, 0.717) is 17.4 Å². The minimum Gasteiger partial charge on any atom is -0.451 e. The predicted molar refractivity (Wildman–Crippen MR) is 71.1 cm³/mol. The third-order valence-electron chi connectivity index (χ3n) is 2.91. The Kier molecular flexibility index (Phi) is 2.98. The third kappa shape index (κ3) is 2.27. The Morgan fingerprint density at radius 3 is 2.75 bits per heavy atom. The summed E-state index contributed by atoms with van der Waals surface area (Å²) in [6.45, 7) is 3.47. The van der Waals surface area contributed by atoms with E-state index in [2.05, 4.69) is 15.5 Å². The Bertz CT molecular complexity index is 727. The third-order valence-corrected chi connectivity index (χ3v) is 2.91. The summed E-state index contributed by atoms with van der Waals surface area (Å²) in [6.07, 6.45) is 0. The fourth-order valence-electron chi connectivity index (χ4n) is 1.91. The molecule has 0 fully saturated rings. The molecule has 1 atom stereocenters. The number of aryl methyl sites for hydroxylation is 1. The van der Waals surface area contributed by atoms with Crippen LogP contribution >= 0.6 is 0 Å². The van der Waals surface area contributed by atoms with Crippen LogP contribution in [0, 0.1) is 6.92 Å². The van der Waals surface area contributed by atoms with Crippen molar-refractivity contribution in [1.82, 2.24) is 15.5 Å². The van der Waals surface area contributed by atoms with Gasteiger partial charge in [-0.3, -0.25) is 4.79 Å². The highest BCUT2D eigenvalue weighted by atomic mass is 16.4. The second kappa shape index (κ2) is 4.80. The van der Waals surface area contributed by atoms with E-state index >= 15 is 0 Å². The van der Waals surface area contributed by atoms with Crippen LogP contribution in [0.25, 0.3) is 11.0 Å². The summed E-state index contributed by atoms with van der Waals surface area (Å²) >= 11 is 0. The molecule has 0 bridgehead atoms. The molecule has 1 N–H and O–H groups in total. The molecule has 3 rings (SSSR count). The van der Waals surface area contributed by atoms with Crippen LogP contribution in [0.2, 0.25) is 0 Å². The molecule has 0 aliphatic heterocycles. The molecule has 0 radical (unpaired) electrons. The first-order valence-electron chi connectivity index (χ1n) is 6.23. The molecular weight excluding hydrogens is 258 g/mol. The molecular formula is C14H13N3O3. The SMILES string of the molecule is Cc1nnc([C@H](C)NC(=O)c2cc3ccccc3o2)o1. The van der Waals surface area contributed by atoms with Crippen molar-refractivity contribution in [3.8, 4) is 0 Å². The lowest BCUT2D eigenvalue weighted by Crippen LogP contribution is -2.26. The highest BCUT2D eigenvalue weighted by Gasteiger charge is 2.18. The fraction of sp³-hybridized carbons (Fsp3) is 0.214. The van der Waals surface area contributed by atoms with Gasteiger partial charge < -0.3 is 14.2 Å². The van der Waals surface area contributed by atoms with Gasteiger partial charge in [-0.2, -0.15) is 0 Å². The van der Waals surface area contributed by atoms with Gasteiger partial charge in [0.25, 0.3) is 5.91 Å². The van der Waals surface area contributed by atoms with Crippen molar-refractivity contribution in [2.45, 2.75) is 19.9 Å². The van der Waals surface area contributed by atoms with Crippen LogP contribution < -0.4 is 5.32 Å². The van der Waals surface area contributed by atoms with Crippen molar-refractivity contribution in [2.75, 3.05) is 0 Å². The summed E-state index contributed by atoms with van der Waals surface area (Å²) < 4.78 is 10.8. The van der Waals surface area contributed by atoms with Crippen LogP contribution in [-0.2, 0) is 0 Å². The molecule has 0 saturated heterocycles. The number of amides is 1. The first-order valence-corrected chi connectivity index (χ1v) is 6.23. The summed E-state index contributed by atoms with van der Waals surface area (Å²) in [4.78, 5) is 12.1. The topological polar surface area (TPSA) is 81.2 Å². The van der Waals surface area contributed by atoms with Crippen LogP contribution in [0.4, 0.5) is 0 Å². The molecule has 2 aromatic heterocycles. The van der Waals surface area contributed by atoms with Gasteiger partial charge in [-0.15, -0.1) is 10.2 Å². The van der Waals surface area contributed by atoms with E-state index in [9.17, 15) is 4.79 Å². The lowest BCUT2D eigenvalue weighted by atomic mass is 10.2. The Balaban J connectivity index is 1.78. The summed E-state index contributed by atoms with van der Waals surface area (Å²) in [7, 11) is 0. The van der Waals surface area contributed by atoms with Gasteiger partial charge in [0.05, 0.1) is 0 Å². The zero-order valence-corrected chi connectivity index (χ0v) is 11.1. The highest BCUT2D eigenvalue weighted by Crippen LogP contribution is 2.19. The van der Waals surface area contributed by atoms with E-state index in [-0.39, 0.29) is 17.7 Å². The van der Waals surface area contributed by atoms with Gasteiger partial charge in [-0.1, -0.05) is 18.2 Å². The lowest BCUT2D eigenvalue weighted by molar-refractivity contribution is 0.0908. The van der Waals surface area contributed by atoms with E-state index < -0.39 is 0 Å². The largest absolute Gasteiger partial charge is 0.451 e. The number of para-hydroxylation sites is 1. The zero-order valence-electron chi connectivity index (χ0n) is 11.1. The van der Waals surface area contributed by atoms with Crippen LogP contribution in [0.3, 0.4) is 0 Å². The van der Waals surface area contributed by atoms with Crippen molar-refractivity contribution in [2.24, 2.45) is 0 Å². The normalized spacial score (nSPS) is 12.5. The molecule has 20 heavy (non-hydrogen) atoms. The van der Waals surface area contributed by atoms with E-state index in [0.717, 1.165) is 5.39 Å². The minimum atomic E-state index is -0.378. The first kappa shape index (κ1) is 12.4. The molecule has 0 saturated carbocycles. The number of hydrogen-bond donors (Lipinski definition) is 1. The van der Waals surface area contributed by atoms with Crippen molar-refractivity contribution in [1.29, 1.82) is 0 Å². The van der Waals surface area contributed by atoms with Gasteiger partial charge in [-0.05, 0) is 19.1 Å². The molecule has 3 aromatic rings. The van der Waals surface area contributed by atoms with Crippen LogP contribution in [-0.4, -0.2) is 16.1 Å². The number of carbonyl (C=O) groups is 1. The summed E-state index contributed by atoms with van der Waals surface area (Å²) in [5.74, 6) is 0.774. The number of furan rings is 1. The summed E-state index contributed by atoms with van der Waals surface area (Å²) in [5.41, 5.74) is 0.680. The number of nitrogens with zero attached hydrogens (tertiary/aromatic N) is 2. The van der Waals surface area contributed by atoms with Gasteiger partial charge in [0, 0.05) is 12.3 Å². The van der Waals surface area contributed by atoms with Crippen molar-refractivity contribution in [3.05, 3.63) is 47.9 Å². The second-order valence-corrected chi connectivity index (χ2v) is 4.50. The van der Waals surface area contributed by atoms with Crippen LogP contribution in [0.1, 0.15) is 35.3 Å². The van der Waals surface area contributed by atoms with Crippen LogP contribution in [0.15, 0.2) is 39.2 Å². The maximum absolute atomic E-state index is 12.1. The lowest BCUT2D eigenvalue weighted by Gasteiger charge is -2.07. The quantitative estimate of drug-likeness (QED) is 0.791. The average molecular weight is 271 g/mol. The maximum atomic E-state index is 12.1. The number of fused-ring (bicyclic) bond motifs is 1. The van der Waals surface area contributed by atoms with Gasteiger partial charge in [0.1, 0.15) is 11.6 Å². The Hall–Kier alpha value is -2.63. The number of hydrogen-bond acceptors (Lipinski definition) is 5. The van der Waals surface area contributed by atoms with Crippen molar-refractivity contribution >= 4 is 16.9 Å². The molecule has 6 nitrogen and oxygen atoms in total. The predicted octanol–water partition coefficient (Wildman–Crippen LogP) is 2.62. The van der Waals surface area contributed by atoms with Crippen LogP contribution in [0.5, 0.6) is 0 Å². The zero-order chi connectivity index (χ0) is 14.1. The molecule has 0 aliphatic carbocycles. The van der Waals surface area contributed by atoms with E-state index in [4.69, 9.17) is 8.83 Å². The molecule has 0 spiro atoms. The molecule has 0 unspecified atom stereocenters. The molecule has 0 aliphatic rings. The standard InChI is InChI=1S/C14H13N3O3/c1-8(14-17-16-9(2)19-14)15-13(18)12-7-10-5-3-4-6-11(10)20-12/h3-8H,1-2H3,(H,15,18)/t8-/m0/s1. The van der Waals surface area contributed by atoms with Crippen molar-refractivity contribution < 1.29 is 13.6 Å². The molecule has 6 heteroatoms. The number of benzene rings is 1. The number of aromatic nitrogens is 2. The second-order valence-electron chi connectivity index (χ2n) is 4.50. The van der Waals surface area contributed by atoms with Gasteiger partial charge in [0.2, 0.25) is 11.8 Å². The highest BCUT2D eigenvalue weighted by molar-refractivity contribution is 5.96. The Morgan fingerprint density at radius 2 is 2.05 bits per heavy atom. The van der Waals surface area contributed by atoms with E-state index in [1.165, 1.54) is 0 Å². The van der Waals surface area contributed by atoms with Gasteiger partial charge in [-0.25, -0.2) is 0 Å². The number of rotatable bonds is 3.